The number of hydrogen-bond donors (Lipinski definition) is 1. The molecule has 0 bridgehead atoms. The van der Waals surface area contributed by atoms with Gasteiger partial charge in [-0.2, -0.15) is 0 Å². The van der Waals surface area contributed by atoms with Crippen molar-refractivity contribution >= 4 is 35.2 Å². The highest BCUT2D eigenvalue weighted by atomic mass is 35.5. The molecule has 1 N–H and O–H groups in total. The van der Waals surface area contributed by atoms with Gasteiger partial charge in [-0.05, 0) is 36.8 Å². The third-order valence-corrected chi connectivity index (χ3v) is 2.76. The van der Waals surface area contributed by atoms with Gasteiger partial charge in [0.15, 0.2) is 0 Å². The predicted molar refractivity (Wildman–Crippen MR) is 75.0 cm³/mol. The van der Waals surface area contributed by atoms with Crippen LogP contribution in [-0.4, -0.2) is 25.7 Å². The van der Waals surface area contributed by atoms with Crippen molar-refractivity contribution in [2.45, 2.75) is 13.0 Å². The summed E-state index contributed by atoms with van der Waals surface area (Å²) in [5, 5.41) is 3.88. The van der Waals surface area contributed by atoms with Crippen LogP contribution in [0, 0.1) is 0 Å². The van der Waals surface area contributed by atoms with Gasteiger partial charge in [-0.25, -0.2) is 0 Å². The Balaban J connectivity index is 2.63. The largest absolute Gasteiger partial charge is 0.383 e. The smallest absolute Gasteiger partial charge is 0.244 e. The highest BCUT2D eigenvalue weighted by molar-refractivity contribution is 6.34. The zero-order chi connectivity index (χ0) is 13.5. The fraction of sp³-hybridized carbons (Fsp3) is 0.308. The third kappa shape index (κ3) is 5.08. The van der Waals surface area contributed by atoms with E-state index in [0.29, 0.717) is 22.2 Å². The second-order valence-electron chi connectivity index (χ2n) is 3.86. The minimum Gasteiger partial charge on any atom is -0.383 e. The van der Waals surface area contributed by atoms with Crippen molar-refractivity contribution in [1.29, 1.82) is 0 Å². The summed E-state index contributed by atoms with van der Waals surface area (Å²) in [6.45, 7) is 2.33. The molecule has 1 unspecified atom stereocenters. The summed E-state index contributed by atoms with van der Waals surface area (Å²) >= 11 is 11.8. The molecule has 0 aliphatic carbocycles. The monoisotopic (exact) mass is 287 g/mol. The highest BCUT2D eigenvalue weighted by Crippen LogP contribution is 2.21. The van der Waals surface area contributed by atoms with E-state index in [1.165, 1.54) is 6.08 Å². The van der Waals surface area contributed by atoms with Gasteiger partial charge in [0.1, 0.15) is 0 Å². The number of ether oxygens (including phenoxy) is 1. The molecule has 0 saturated heterocycles. The van der Waals surface area contributed by atoms with E-state index in [1.54, 1.807) is 31.4 Å². The van der Waals surface area contributed by atoms with Crippen LogP contribution >= 0.6 is 23.2 Å². The topological polar surface area (TPSA) is 38.3 Å². The maximum Gasteiger partial charge on any atom is 0.244 e. The van der Waals surface area contributed by atoms with Gasteiger partial charge in [0, 0.05) is 29.3 Å². The second kappa shape index (κ2) is 7.41. The van der Waals surface area contributed by atoms with Crippen LogP contribution in [0.1, 0.15) is 12.5 Å². The Morgan fingerprint density at radius 3 is 2.89 bits per heavy atom. The molecule has 1 aromatic carbocycles. The normalized spacial score (nSPS) is 12.7. The molecule has 0 saturated carbocycles. The molecule has 0 aromatic heterocycles. The lowest BCUT2D eigenvalue weighted by Crippen LogP contribution is -2.34. The molecule has 0 aliphatic rings. The molecule has 0 heterocycles. The minimum absolute atomic E-state index is 0.0398. The fourth-order valence-corrected chi connectivity index (χ4v) is 1.75. The van der Waals surface area contributed by atoms with E-state index in [-0.39, 0.29) is 11.9 Å². The second-order valence-corrected chi connectivity index (χ2v) is 4.71. The third-order valence-electron chi connectivity index (χ3n) is 2.18. The molecule has 0 radical (unpaired) electrons. The van der Waals surface area contributed by atoms with Crippen molar-refractivity contribution in [3.05, 3.63) is 39.9 Å². The molecule has 5 heteroatoms. The Kier molecular flexibility index (Phi) is 6.19. The summed E-state index contributed by atoms with van der Waals surface area (Å²) in [5.74, 6) is -0.199. The van der Waals surface area contributed by atoms with E-state index in [4.69, 9.17) is 27.9 Å². The summed E-state index contributed by atoms with van der Waals surface area (Å²) in [5.41, 5.74) is 0.707. The maximum atomic E-state index is 11.6. The maximum absolute atomic E-state index is 11.6. The zero-order valence-corrected chi connectivity index (χ0v) is 11.8. The molecule has 1 aromatic rings. The van der Waals surface area contributed by atoms with Crippen LogP contribution in [0.5, 0.6) is 0 Å². The van der Waals surface area contributed by atoms with Crippen LogP contribution in [0.15, 0.2) is 24.3 Å². The van der Waals surface area contributed by atoms with Crippen LogP contribution in [0.4, 0.5) is 0 Å². The number of carbonyl (C=O) groups excluding carboxylic acids is 1. The van der Waals surface area contributed by atoms with Crippen molar-refractivity contribution in [1.82, 2.24) is 5.32 Å². The molecule has 98 valence electrons. The number of hydrogen-bond acceptors (Lipinski definition) is 2. The SMILES string of the molecule is COCC(C)NC(=O)/C=C/c1cc(Cl)ccc1Cl. The average Bonchev–Trinajstić information content (AvgIpc) is 2.30. The summed E-state index contributed by atoms with van der Waals surface area (Å²) in [6.07, 6.45) is 3.05. The quantitative estimate of drug-likeness (QED) is 0.845. The van der Waals surface area contributed by atoms with Gasteiger partial charge < -0.3 is 10.1 Å². The van der Waals surface area contributed by atoms with Crippen LogP contribution in [0.2, 0.25) is 10.0 Å². The Morgan fingerprint density at radius 2 is 2.22 bits per heavy atom. The first-order valence-corrected chi connectivity index (χ1v) is 6.21. The molecule has 18 heavy (non-hydrogen) atoms. The number of halogens is 2. The van der Waals surface area contributed by atoms with Crippen molar-refractivity contribution < 1.29 is 9.53 Å². The lowest BCUT2D eigenvalue weighted by molar-refractivity contribution is -0.117. The summed E-state index contributed by atoms with van der Waals surface area (Å²) in [6, 6.07) is 5.05. The minimum atomic E-state index is -0.199. The van der Waals surface area contributed by atoms with E-state index < -0.39 is 0 Å². The zero-order valence-electron chi connectivity index (χ0n) is 10.2. The van der Waals surface area contributed by atoms with Gasteiger partial charge in [0.25, 0.3) is 0 Å². The fourth-order valence-electron chi connectivity index (χ4n) is 1.39. The molecule has 0 spiro atoms. The van der Waals surface area contributed by atoms with E-state index in [2.05, 4.69) is 5.32 Å². The first kappa shape index (κ1) is 15.0. The molecule has 0 fully saturated rings. The predicted octanol–water partition coefficient (Wildman–Crippen LogP) is 3.16. The lowest BCUT2D eigenvalue weighted by Gasteiger charge is -2.10. The van der Waals surface area contributed by atoms with E-state index in [0.717, 1.165) is 0 Å². The Labute approximate surface area is 117 Å². The highest BCUT2D eigenvalue weighted by Gasteiger charge is 2.04. The van der Waals surface area contributed by atoms with Gasteiger partial charge in [-0.3, -0.25) is 4.79 Å². The van der Waals surface area contributed by atoms with Crippen LogP contribution in [0.3, 0.4) is 0 Å². The van der Waals surface area contributed by atoms with Crippen LogP contribution < -0.4 is 5.32 Å². The number of benzene rings is 1. The molecule has 3 nitrogen and oxygen atoms in total. The number of carbonyl (C=O) groups is 1. The Hall–Kier alpha value is -1.03. The van der Waals surface area contributed by atoms with Crippen LogP contribution in [-0.2, 0) is 9.53 Å². The molecular weight excluding hydrogens is 273 g/mol. The van der Waals surface area contributed by atoms with Crippen molar-refractivity contribution in [2.24, 2.45) is 0 Å². The number of methoxy groups -OCH3 is 1. The van der Waals surface area contributed by atoms with Crippen molar-refractivity contribution in [3.8, 4) is 0 Å². The summed E-state index contributed by atoms with van der Waals surface area (Å²) < 4.78 is 4.92. The lowest BCUT2D eigenvalue weighted by atomic mass is 10.2. The van der Waals surface area contributed by atoms with Gasteiger partial charge in [-0.15, -0.1) is 0 Å². The Morgan fingerprint density at radius 1 is 1.50 bits per heavy atom. The molecule has 1 amide bonds. The first-order chi connectivity index (χ1) is 8.52. The molecular formula is C13H15Cl2NO2. The van der Waals surface area contributed by atoms with Crippen LogP contribution in [0.25, 0.3) is 6.08 Å². The van der Waals surface area contributed by atoms with E-state index in [9.17, 15) is 4.79 Å². The van der Waals surface area contributed by atoms with E-state index >= 15 is 0 Å². The summed E-state index contributed by atoms with van der Waals surface area (Å²) in [7, 11) is 1.59. The van der Waals surface area contributed by atoms with Gasteiger partial charge in [0.2, 0.25) is 5.91 Å². The Bertz CT molecular complexity index is 447. The van der Waals surface area contributed by atoms with Gasteiger partial charge in [-0.1, -0.05) is 23.2 Å². The number of amides is 1. The molecule has 0 aliphatic heterocycles. The molecule has 1 atom stereocenters. The number of rotatable bonds is 5. The number of nitrogens with one attached hydrogen (secondary N) is 1. The summed E-state index contributed by atoms with van der Waals surface area (Å²) in [4.78, 5) is 11.6. The van der Waals surface area contributed by atoms with Gasteiger partial charge >= 0.3 is 0 Å². The standard InChI is InChI=1S/C13H15Cl2NO2/c1-9(8-18-2)16-13(17)6-3-10-7-11(14)4-5-12(10)15/h3-7,9H,8H2,1-2H3,(H,16,17)/b6-3+. The van der Waals surface area contributed by atoms with Crippen molar-refractivity contribution in [2.75, 3.05) is 13.7 Å². The molecule has 1 rings (SSSR count). The van der Waals surface area contributed by atoms with Gasteiger partial charge in [0.05, 0.1) is 6.61 Å². The van der Waals surface area contributed by atoms with Crippen molar-refractivity contribution in [3.63, 3.8) is 0 Å². The van der Waals surface area contributed by atoms with E-state index in [1.807, 2.05) is 6.92 Å². The first-order valence-electron chi connectivity index (χ1n) is 5.45. The average molecular weight is 288 g/mol.